The number of rotatable bonds is 6. The van der Waals surface area contributed by atoms with Gasteiger partial charge in [0.2, 0.25) is 0 Å². The molecular formula is C27H47NO2. The Morgan fingerprint density at radius 2 is 1.67 bits per heavy atom. The number of nitrogens with zero attached hydrogens (tertiary/aromatic N) is 1. The Balaban J connectivity index is 1.44. The van der Waals surface area contributed by atoms with Crippen molar-refractivity contribution in [2.75, 3.05) is 0 Å². The summed E-state index contributed by atoms with van der Waals surface area (Å²) in [4.78, 5) is 0. The number of oxime groups is 1. The highest BCUT2D eigenvalue weighted by atomic mass is 16.4. The highest BCUT2D eigenvalue weighted by Gasteiger charge is 2.60. The number of aliphatic hydroxyl groups is 1. The Bertz CT molecular complexity index is 620. The minimum absolute atomic E-state index is 0.227. The van der Waals surface area contributed by atoms with Gasteiger partial charge in [-0.15, -0.1) is 5.16 Å². The zero-order chi connectivity index (χ0) is 21.5. The van der Waals surface area contributed by atoms with Crippen molar-refractivity contribution in [3.63, 3.8) is 0 Å². The van der Waals surface area contributed by atoms with Crippen LogP contribution in [-0.2, 0) is 0 Å². The Labute approximate surface area is 185 Å². The molecule has 3 unspecified atom stereocenters. The molecule has 0 bridgehead atoms. The Kier molecular flexibility index (Phi) is 6.60. The zero-order valence-electron chi connectivity index (χ0n) is 20.0. The van der Waals surface area contributed by atoms with Gasteiger partial charge in [-0.25, -0.2) is 0 Å². The molecule has 172 valence electrons. The van der Waals surface area contributed by atoms with E-state index in [0.29, 0.717) is 22.7 Å². The average molecular weight is 418 g/mol. The molecule has 0 spiro atoms. The van der Waals surface area contributed by atoms with E-state index in [-0.39, 0.29) is 12.0 Å². The number of hydrogen-bond acceptors (Lipinski definition) is 3. The van der Waals surface area contributed by atoms with Gasteiger partial charge in [0, 0.05) is 6.21 Å². The first-order valence-electron chi connectivity index (χ1n) is 13.2. The van der Waals surface area contributed by atoms with E-state index in [2.05, 4.69) is 32.9 Å². The quantitative estimate of drug-likeness (QED) is 0.280. The van der Waals surface area contributed by atoms with Crippen LogP contribution in [0.15, 0.2) is 5.16 Å². The van der Waals surface area contributed by atoms with Gasteiger partial charge in [0.15, 0.2) is 0 Å². The van der Waals surface area contributed by atoms with Crippen molar-refractivity contribution in [1.29, 1.82) is 0 Å². The number of aliphatic hydroxyl groups excluding tert-OH is 1. The first kappa shape index (κ1) is 22.6. The van der Waals surface area contributed by atoms with E-state index in [1.165, 1.54) is 64.2 Å². The highest BCUT2D eigenvalue weighted by Crippen LogP contribution is 2.68. The third kappa shape index (κ3) is 3.76. The van der Waals surface area contributed by atoms with Crippen LogP contribution >= 0.6 is 0 Å². The minimum Gasteiger partial charge on any atom is -0.411 e. The SMILES string of the molecule is CC(C=NO)CCC(O)[C@@H](C)[C@H]1CC[C@H]2[C@@H]3CCC4CCCC[C@]4(C)[C@H]3CC[C@]12C. The van der Waals surface area contributed by atoms with Crippen LogP contribution in [0.4, 0.5) is 0 Å². The zero-order valence-corrected chi connectivity index (χ0v) is 20.0. The van der Waals surface area contributed by atoms with E-state index in [1.54, 1.807) is 6.21 Å². The second-order valence-corrected chi connectivity index (χ2v) is 12.4. The molecule has 10 atom stereocenters. The van der Waals surface area contributed by atoms with Gasteiger partial charge in [0.05, 0.1) is 6.10 Å². The van der Waals surface area contributed by atoms with Crippen LogP contribution < -0.4 is 0 Å². The predicted octanol–water partition coefficient (Wildman–Crippen LogP) is 6.91. The van der Waals surface area contributed by atoms with Crippen molar-refractivity contribution in [3.05, 3.63) is 0 Å². The van der Waals surface area contributed by atoms with Crippen LogP contribution in [-0.4, -0.2) is 22.6 Å². The number of fused-ring (bicyclic) bond motifs is 5. The molecule has 4 aliphatic rings. The molecule has 4 fully saturated rings. The molecule has 0 aromatic rings. The van der Waals surface area contributed by atoms with Gasteiger partial charge in [-0.3, -0.25) is 0 Å². The topological polar surface area (TPSA) is 52.8 Å². The molecule has 0 aliphatic heterocycles. The van der Waals surface area contributed by atoms with Gasteiger partial charge in [0.25, 0.3) is 0 Å². The lowest BCUT2D eigenvalue weighted by Gasteiger charge is -2.61. The maximum absolute atomic E-state index is 11.0. The van der Waals surface area contributed by atoms with Crippen LogP contribution in [0.2, 0.25) is 0 Å². The van der Waals surface area contributed by atoms with Crippen LogP contribution in [0.25, 0.3) is 0 Å². The summed E-state index contributed by atoms with van der Waals surface area (Å²) in [6.07, 6.45) is 17.5. The largest absolute Gasteiger partial charge is 0.411 e. The first-order valence-corrected chi connectivity index (χ1v) is 13.2. The van der Waals surface area contributed by atoms with Gasteiger partial charge in [-0.2, -0.15) is 0 Å². The first-order chi connectivity index (χ1) is 14.3. The van der Waals surface area contributed by atoms with Crippen molar-refractivity contribution >= 4 is 6.21 Å². The summed E-state index contributed by atoms with van der Waals surface area (Å²) in [5.41, 5.74) is 1.05. The summed E-state index contributed by atoms with van der Waals surface area (Å²) in [6, 6.07) is 0. The Morgan fingerprint density at radius 1 is 0.900 bits per heavy atom. The van der Waals surface area contributed by atoms with Gasteiger partial charge in [-0.05, 0) is 116 Å². The molecule has 0 aromatic carbocycles. The van der Waals surface area contributed by atoms with Crippen LogP contribution in [0.5, 0.6) is 0 Å². The fourth-order valence-corrected chi connectivity index (χ4v) is 9.35. The second-order valence-electron chi connectivity index (χ2n) is 12.4. The van der Waals surface area contributed by atoms with Gasteiger partial charge in [-0.1, -0.05) is 40.5 Å². The molecule has 3 heteroatoms. The molecule has 0 radical (unpaired) electrons. The summed E-state index contributed by atoms with van der Waals surface area (Å²) in [5, 5.41) is 22.9. The van der Waals surface area contributed by atoms with Gasteiger partial charge in [0.1, 0.15) is 0 Å². The van der Waals surface area contributed by atoms with Crippen molar-refractivity contribution in [2.45, 2.75) is 111 Å². The average Bonchev–Trinajstić information content (AvgIpc) is 3.08. The van der Waals surface area contributed by atoms with Crippen LogP contribution in [0, 0.1) is 52.3 Å². The molecule has 0 amide bonds. The normalized spacial score (nSPS) is 46.6. The molecule has 2 N–H and O–H groups in total. The van der Waals surface area contributed by atoms with Crippen LogP contribution in [0.3, 0.4) is 0 Å². The van der Waals surface area contributed by atoms with E-state index in [4.69, 9.17) is 5.21 Å². The second kappa shape index (κ2) is 8.75. The van der Waals surface area contributed by atoms with Crippen molar-refractivity contribution < 1.29 is 10.3 Å². The Hall–Kier alpha value is -0.570. The molecule has 0 saturated heterocycles. The smallest absolute Gasteiger partial charge is 0.0568 e. The van der Waals surface area contributed by atoms with E-state index < -0.39 is 0 Å². The van der Waals surface area contributed by atoms with E-state index in [9.17, 15) is 5.11 Å². The van der Waals surface area contributed by atoms with Crippen LogP contribution in [0.1, 0.15) is 105 Å². The molecule has 0 heterocycles. The molecular weight excluding hydrogens is 370 g/mol. The summed E-state index contributed by atoms with van der Waals surface area (Å²) >= 11 is 0. The summed E-state index contributed by atoms with van der Waals surface area (Å²) in [6.45, 7) is 9.66. The van der Waals surface area contributed by atoms with Crippen molar-refractivity contribution in [1.82, 2.24) is 0 Å². The molecule has 4 aliphatic carbocycles. The standard InChI is InChI=1S/C27H47NO2/c1-18(17-28-30)8-13-25(29)19(2)22-11-12-23-21-10-9-20-7-5-6-15-26(20,3)24(21)14-16-27(22,23)4/h17-25,29-30H,5-16H2,1-4H3/t18?,19-,20?,21-,22+,23-,24-,25?,26-,27+/m0/s1. The highest BCUT2D eigenvalue weighted by molar-refractivity contribution is 5.59. The third-order valence-corrected chi connectivity index (χ3v) is 11.1. The third-order valence-electron chi connectivity index (χ3n) is 11.1. The minimum atomic E-state index is -0.232. The summed E-state index contributed by atoms with van der Waals surface area (Å²) in [7, 11) is 0. The molecule has 30 heavy (non-hydrogen) atoms. The van der Waals surface area contributed by atoms with Gasteiger partial charge < -0.3 is 10.3 Å². The lowest BCUT2D eigenvalue weighted by molar-refractivity contribution is -0.118. The number of hydrogen-bond donors (Lipinski definition) is 2. The fourth-order valence-electron chi connectivity index (χ4n) is 9.35. The predicted molar refractivity (Wildman–Crippen MR) is 124 cm³/mol. The van der Waals surface area contributed by atoms with E-state index in [0.717, 1.165) is 36.5 Å². The monoisotopic (exact) mass is 417 g/mol. The molecule has 4 rings (SSSR count). The lowest BCUT2D eigenvalue weighted by atomic mass is 9.44. The fraction of sp³-hybridized carbons (Fsp3) is 0.963. The lowest BCUT2D eigenvalue weighted by Crippen LogP contribution is -2.53. The summed E-state index contributed by atoms with van der Waals surface area (Å²) < 4.78 is 0. The molecule has 3 nitrogen and oxygen atoms in total. The van der Waals surface area contributed by atoms with E-state index in [1.807, 2.05) is 0 Å². The maximum atomic E-state index is 11.0. The van der Waals surface area contributed by atoms with Crippen molar-refractivity contribution in [3.8, 4) is 0 Å². The summed E-state index contributed by atoms with van der Waals surface area (Å²) in [5.74, 6) is 5.06. The van der Waals surface area contributed by atoms with Gasteiger partial charge >= 0.3 is 0 Å². The van der Waals surface area contributed by atoms with Crippen molar-refractivity contribution in [2.24, 2.45) is 57.4 Å². The molecule has 4 saturated carbocycles. The van der Waals surface area contributed by atoms with E-state index >= 15 is 0 Å². The Morgan fingerprint density at radius 3 is 2.43 bits per heavy atom. The molecule has 0 aromatic heterocycles. The maximum Gasteiger partial charge on any atom is 0.0568 e.